The van der Waals surface area contributed by atoms with E-state index in [-0.39, 0.29) is 11.9 Å². The number of hydrogen-bond donors (Lipinski definition) is 1. The summed E-state index contributed by atoms with van der Waals surface area (Å²) in [4.78, 5) is 12.8. The Morgan fingerprint density at radius 1 is 1.19 bits per heavy atom. The van der Waals surface area contributed by atoms with Crippen LogP contribution in [0.15, 0.2) is 24.3 Å². The minimum absolute atomic E-state index is 0.122. The Morgan fingerprint density at radius 3 is 2.38 bits per heavy atom. The van der Waals surface area contributed by atoms with Crippen LogP contribution in [-0.2, 0) is 14.8 Å². The topological polar surface area (TPSA) is 75.7 Å². The van der Waals surface area contributed by atoms with Gasteiger partial charge in [-0.2, -0.15) is 0 Å². The van der Waals surface area contributed by atoms with Gasteiger partial charge < -0.3 is 10.1 Å². The van der Waals surface area contributed by atoms with Crippen molar-refractivity contribution in [2.75, 3.05) is 17.7 Å². The molecule has 0 saturated heterocycles. The van der Waals surface area contributed by atoms with Gasteiger partial charge in [-0.05, 0) is 31.9 Å². The Kier molecular flexibility index (Phi) is 7.32. The predicted molar refractivity (Wildman–Crippen MR) is 104 cm³/mol. The molecule has 7 heteroatoms. The summed E-state index contributed by atoms with van der Waals surface area (Å²) < 4.78 is 31.1. The second-order valence-corrected chi connectivity index (χ2v) is 8.85. The van der Waals surface area contributed by atoms with Crippen LogP contribution >= 0.6 is 0 Å². The Morgan fingerprint density at radius 2 is 1.81 bits per heavy atom. The molecule has 146 valence electrons. The predicted octanol–water partition coefficient (Wildman–Crippen LogP) is 3.08. The summed E-state index contributed by atoms with van der Waals surface area (Å²) in [6.45, 7) is 1.62. The first-order valence-electron chi connectivity index (χ1n) is 9.27. The summed E-state index contributed by atoms with van der Waals surface area (Å²) in [5, 5.41) is 3.06. The molecule has 6 nitrogen and oxygen atoms in total. The maximum absolute atomic E-state index is 12.8. The van der Waals surface area contributed by atoms with Crippen molar-refractivity contribution in [1.29, 1.82) is 0 Å². The van der Waals surface area contributed by atoms with Gasteiger partial charge in [0.05, 0.1) is 19.1 Å². The lowest BCUT2D eigenvalue weighted by molar-refractivity contribution is -0.122. The molecule has 1 aliphatic rings. The van der Waals surface area contributed by atoms with Crippen molar-refractivity contribution in [3.63, 3.8) is 0 Å². The SMILES string of the molecule is COc1cccc(N([C@@H](C)C(=O)NC2CCCCCCC2)S(C)(=O)=O)c1. The van der Waals surface area contributed by atoms with Gasteiger partial charge in [0.15, 0.2) is 0 Å². The van der Waals surface area contributed by atoms with Gasteiger partial charge in [-0.1, -0.05) is 38.2 Å². The standard InChI is InChI=1S/C19H30N2O4S/c1-15(19(22)20-16-10-7-5-4-6-8-11-16)21(26(3,23)24)17-12-9-13-18(14-17)25-2/h9,12-16H,4-8,10-11H2,1-3H3,(H,20,22)/t15-/m0/s1. The van der Waals surface area contributed by atoms with E-state index in [9.17, 15) is 13.2 Å². The number of anilines is 1. The van der Waals surface area contributed by atoms with E-state index in [1.165, 1.54) is 26.4 Å². The lowest BCUT2D eigenvalue weighted by atomic mass is 9.96. The highest BCUT2D eigenvalue weighted by atomic mass is 32.2. The number of rotatable bonds is 6. The molecular formula is C19H30N2O4S. The molecule has 1 aromatic carbocycles. The van der Waals surface area contributed by atoms with E-state index in [1.807, 2.05) is 0 Å². The number of nitrogens with zero attached hydrogens (tertiary/aromatic N) is 1. The van der Waals surface area contributed by atoms with E-state index in [2.05, 4.69) is 5.32 Å². The first kappa shape index (κ1) is 20.6. The van der Waals surface area contributed by atoms with Crippen LogP contribution < -0.4 is 14.4 Å². The largest absolute Gasteiger partial charge is 0.497 e. The average Bonchev–Trinajstić information content (AvgIpc) is 2.56. The zero-order valence-electron chi connectivity index (χ0n) is 15.9. The summed E-state index contributed by atoms with van der Waals surface area (Å²) >= 11 is 0. The average molecular weight is 383 g/mol. The van der Waals surface area contributed by atoms with Gasteiger partial charge in [-0.25, -0.2) is 8.42 Å². The second kappa shape index (κ2) is 9.26. The fraction of sp³-hybridized carbons (Fsp3) is 0.632. The Labute approximate surface area is 157 Å². The number of ether oxygens (including phenoxy) is 1. The molecule has 0 unspecified atom stereocenters. The third kappa shape index (κ3) is 5.62. The van der Waals surface area contributed by atoms with Crippen LogP contribution in [0.2, 0.25) is 0 Å². The number of amides is 1. The fourth-order valence-electron chi connectivity index (χ4n) is 3.48. The monoisotopic (exact) mass is 382 g/mol. The molecule has 0 heterocycles. The van der Waals surface area contributed by atoms with Gasteiger partial charge in [0.1, 0.15) is 11.8 Å². The normalized spacial score (nSPS) is 17.7. The van der Waals surface area contributed by atoms with Gasteiger partial charge in [-0.15, -0.1) is 0 Å². The van der Waals surface area contributed by atoms with E-state index in [4.69, 9.17) is 4.74 Å². The van der Waals surface area contributed by atoms with Crippen molar-refractivity contribution >= 4 is 21.6 Å². The summed E-state index contributed by atoms with van der Waals surface area (Å²) in [5.41, 5.74) is 0.423. The highest BCUT2D eigenvalue weighted by molar-refractivity contribution is 7.92. The van der Waals surface area contributed by atoms with Gasteiger partial charge >= 0.3 is 0 Å². The van der Waals surface area contributed by atoms with Crippen LogP contribution in [0, 0.1) is 0 Å². The molecule has 2 rings (SSSR count). The summed E-state index contributed by atoms with van der Waals surface area (Å²) in [5.74, 6) is 0.285. The fourth-order valence-corrected chi connectivity index (χ4v) is 4.65. The van der Waals surface area contributed by atoms with Crippen LogP contribution in [0.5, 0.6) is 5.75 Å². The van der Waals surface area contributed by atoms with E-state index in [1.54, 1.807) is 31.2 Å². The lowest BCUT2D eigenvalue weighted by Crippen LogP contribution is -2.50. The maximum atomic E-state index is 12.8. The Hall–Kier alpha value is -1.76. The van der Waals surface area contributed by atoms with Crippen molar-refractivity contribution < 1.29 is 17.9 Å². The van der Waals surface area contributed by atoms with E-state index in [0.29, 0.717) is 11.4 Å². The number of carbonyl (C=O) groups is 1. The van der Waals surface area contributed by atoms with E-state index < -0.39 is 16.1 Å². The van der Waals surface area contributed by atoms with E-state index >= 15 is 0 Å². The maximum Gasteiger partial charge on any atom is 0.243 e. The van der Waals surface area contributed by atoms with Gasteiger partial charge in [0, 0.05) is 12.1 Å². The summed E-state index contributed by atoms with van der Waals surface area (Å²) in [7, 11) is -2.10. The number of carbonyl (C=O) groups excluding carboxylic acids is 1. The zero-order chi connectivity index (χ0) is 19.2. The number of methoxy groups -OCH3 is 1. The van der Waals surface area contributed by atoms with Crippen LogP contribution in [0.3, 0.4) is 0 Å². The molecule has 0 aliphatic heterocycles. The third-order valence-corrected chi connectivity index (χ3v) is 6.09. The zero-order valence-corrected chi connectivity index (χ0v) is 16.7. The quantitative estimate of drug-likeness (QED) is 0.820. The van der Waals surface area contributed by atoms with Crippen molar-refractivity contribution in [2.45, 2.75) is 64.0 Å². The Bertz CT molecular complexity index is 697. The smallest absolute Gasteiger partial charge is 0.243 e. The molecule has 1 atom stereocenters. The first-order chi connectivity index (χ1) is 12.3. The molecule has 1 aromatic rings. The van der Waals surface area contributed by atoms with Crippen LogP contribution in [0.1, 0.15) is 51.9 Å². The molecule has 1 fully saturated rings. The van der Waals surface area contributed by atoms with Gasteiger partial charge in [0.25, 0.3) is 0 Å². The molecule has 0 radical (unpaired) electrons. The van der Waals surface area contributed by atoms with Crippen LogP contribution in [0.4, 0.5) is 5.69 Å². The molecule has 1 saturated carbocycles. The molecule has 1 N–H and O–H groups in total. The summed E-state index contributed by atoms with van der Waals surface area (Å²) in [6.07, 6.45) is 8.88. The van der Waals surface area contributed by atoms with Gasteiger partial charge in [-0.3, -0.25) is 9.10 Å². The van der Waals surface area contributed by atoms with Crippen molar-refractivity contribution in [3.05, 3.63) is 24.3 Å². The van der Waals surface area contributed by atoms with Crippen LogP contribution in [0.25, 0.3) is 0 Å². The molecule has 1 amide bonds. The van der Waals surface area contributed by atoms with Crippen LogP contribution in [-0.4, -0.2) is 39.8 Å². The molecular weight excluding hydrogens is 352 g/mol. The number of nitrogens with one attached hydrogen (secondary N) is 1. The molecule has 0 aromatic heterocycles. The van der Waals surface area contributed by atoms with Gasteiger partial charge in [0.2, 0.25) is 15.9 Å². The minimum Gasteiger partial charge on any atom is -0.497 e. The molecule has 1 aliphatic carbocycles. The molecule has 0 bridgehead atoms. The summed E-state index contributed by atoms with van der Waals surface area (Å²) in [6, 6.07) is 6.04. The highest BCUT2D eigenvalue weighted by Gasteiger charge is 2.30. The Balaban J connectivity index is 2.17. The number of benzene rings is 1. The van der Waals surface area contributed by atoms with Crippen molar-refractivity contribution in [2.24, 2.45) is 0 Å². The first-order valence-corrected chi connectivity index (χ1v) is 11.1. The minimum atomic E-state index is -3.62. The van der Waals surface area contributed by atoms with Crippen molar-refractivity contribution in [1.82, 2.24) is 5.32 Å². The third-order valence-electron chi connectivity index (χ3n) is 4.85. The second-order valence-electron chi connectivity index (χ2n) is 6.99. The lowest BCUT2D eigenvalue weighted by Gasteiger charge is -2.30. The molecule has 0 spiro atoms. The number of hydrogen-bond acceptors (Lipinski definition) is 4. The number of sulfonamides is 1. The van der Waals surface area contributed by atoms with E-state index in [0.717, 1.165) is 36.2 Å². The highest BCUT2D eigenvalue weighted by Crippen LogP contribution is 2.25. The molecule has 26 heavy (non-hydrogen) atoms. The van der Waals surface area contributed by atoms with Crippen molar-refractivity contribution in [3.8, 4) is 5.75 Å².